The molecule has 2 aliphatic heterocycles. The third-order valence-electron chi connectivity index (χ3n) is 7.07. The highest BCUT2D eigenvalue weighted by Gasteiger charge is 2.42. The predicted molar refractivity (Wildman–Crippen MR) is 120 cm³/mol. The highest BCUT2D eigenvalue weighted by atomic mass is 16.2. The molecule has 0 radical (unpaired) electrons. The summed E-state index contributed by atoms with van der Waals surface area (Å²) in [5.41, 5.74) is 2.62. The Hall–Kier alpha value is -3.16. The second-order valence-corrected chi connectivity index (χ2v) is 9.03. The van der Waals surface area contributed by atoms with E-state index in [0.29, 0.717) is 18.2 Å². The topological polar surface area (TPSA) is 88.0 Å². The van der Waals surface area contributed by atoms with Gasteiger partial charge in [0.1, 0.15) is 17.2 Å². The smallest absolute Gasteiger partial charge is 0.268 e. The number of nitrogens with zero attached hydrogens (tertiary/aromatic N) is 5. The number of piperidine rings is 1. The van der Waals surface area contributed by atoms with Crippen molar-refractivity contribution in [1.82, 2.24) is 24.8 Å². The van der Waals surface area contributed by atoms with Gasteiger partial charge in [0.2, 0.25) is 5.95 Å². The molecular weight excluding hydrogens is 390 g/mol. The van der Waals surface area contributed by atoms with E-state index >= 15 is 0 Å². The van der Waals surface area contributed by atoms with E-state index in [1.54, 1.807) is 6.20 Å². The molecule has 2 N–H and O–H groups in total. The summed E-state index contributed by atoms with van der Waals surface area (Å²) in [5, 5.41) is 7.23. The summed E-state index contributed by atoms with van der Waals surface area (Å²) < 4.78 is 2.17. The molecule has 0 unspecified atom stereocenters. The summed E-state index contributed by atoms with van der Waals surface area (Å²) in [6.45, 7) is 2.88. The average molecular weight is 418 g/mol. The minimum atomic E-state index is -0.0645. The van der Waals surface area contributed by atoms with Crippen LogP contribution in [0.1, 0.15) is 55.4 Å². The lowest BCUT2D eigenvalue weighted by atomic mass is 9.94. The summed E-state index contributed by atoms with van der Waals surface area (Å²) in [5.74, 6) is 1.20. The monoisotopic (exact) mass is 417 g/mol. The van der Waals surface area contributed by atoms with Crippen molar-refractivity contribution < 1.29 is 4.79 Å². The van der Waals surface area contributed by atoms with Crippen LogP contribution in [-0.2, 0) is 5.54 Å². The molecule has 0 atom stereocenters. The molecule has 8 nitrogen and oxygen atoms in total. The summed E-state index contributed by atoms with van der Waals surface area (Å²) in [6.07, 6.45) is 12.0. The number of pyridine rings is 1. The van der Waals surface area contributed by atoms with Gasteiger partial charge in [-0.15, -0.1) is 0 Å². The van der Waals surface area contributed by atoms with Gasteiger partial charge < -0.3 is 20.1 Å². The number of amides is 1. The van der Waals surface area contributed by atoms with Gasteiger partial charge >= 0.3 is 0 Å². The third kappa shape index (κ3) is 3.12. The predicted octanol–water partition coefficient (Wildman–Crippen LogP) is 3.57. The molecule has 2 fully saturated rings. The van der Waals surface area contributed by atoms with E-state index in [1.807, 2.05) is 18.3 Å². The van der Waals surface area contributed by atoms with E-state index in [1.165, 1.54) is 32.1 Å². The minimum absolute atomic E-state index is 0.0278. The Morgan fingerprint density at radius 3 is 2.61 bits per heavy atom. The maximum absolute atomic E-state index is 12.5. The Morgan fingerprint density at radius 1 is 1.00 bits per heavy atom. The number of fused-ring (bicyclic) bond motifs is 4. The van der Waals surface area contributed by atoms with Gasteiger partial charge in [-0.1, -0.05) is 12.8 Å². The number of nitrogens with one attached hydrogen (secondary N) is 2. The zero-order valence-corrected chi connectivity index (χ0v) is 17.6. The third-order valence-corrected chi connectivity index (χ3v) is 7.07. The first-order valence-corrected chi connectivity index (χ1v) is 11.4. The van der Waals surface area contributed by atoms with Crippen LogP contribution < -0.4 is 15.5 Å². The van der Waals surface area contributed by atoms with Crippen molar-refractivity contribution in [1.29, 1.82) is 0 Å². The number of anilines is 3. The van der Waals surface area contributed by atoms with E-state index in [2.05, 4.69) is 36.1 Å². The Morgan fingerprint density at radius 2 is 1.84 bits per heavy atom. The number of carbonyl (C=O) groups excluding carboxylic acids is 1. The molecule has 1 saturated heterocycles. The van der Waals surface area contributed by atoms with Crippen LogP contribution in [0.15, 0.2) is 30.6 Å². The van der Waals surface area contributed by atoms with Gasteiger partial charge in [0, 0.05) is 31.2 Å². The van der Waals surface area contributed by atoms with E-state index < -0.39 is 0 Å². The average Bonchev–Trinajstić information content (AvgIpc) is 3.43. The highest BCUT2D eigenvalue weighted by Crippen LogP contribution is 2.41. The van der Waals surface area contributed by atoms with Crippen molar-refractivity contribution in [2.24, 2.45) is 0 Å². The molecule has 3 aromatic rings. The quantitative estimate of drug-likeness (QED) is 0.677. The van der Waals surface area contributed by atoms with Gasteiger partial charge in [-0.3, -0.25) is 4.79 Å². The lowest BCUT2D eigenvalue weighted by Gasteiger charge is -2.37. The van der Waals surface area contributed by atoms with Crippen molar-refractivity contribution in [2.75, 3.05) is 29.9 Å². The first kappa shape index (κ1) is 18.6. The van der Waals surface area contributed by atoms with Gasteiger partial charge in [0.15, 0.2) is 0 Å². The van der Waals surface area contributed by atoms with Gasteiger partial charge in [-0.2, -0.15) is 4.98 Å². The lowest BCUT2D eigenvalue weighted by Crippen LogP contribution is -2.50. The van der Waals surface area contributed by atoms with Crippen molar-refractivity contribution in [3.05, 3.63) is 36.3 Å². The summed E-state index contributed by atoms with van der Waals surface area (Å²) in [7, 11) is 0. The van der Waals surface area contributed by atoms with Crippen molar-refractivity contribution in [3.8, 4) is 0 Å². The van der Waals surface area contributed by atoms with Crippen molar-refractivity contribution in [2.45, 2.75) is 50.5 Å². The van der Waals surface area contributed by atoms with E-state index in [4.69, 9.17) is 4.98 Å². The summed E-state index contributed by atoms with van der Waals surface area (Å²) >= 11 is 0. The van der Waals surface area contributed by atoms with Gasteiger partial charge in [0.05, 0.1) is 17.4 Å². The standard InChI is InChI=1S/C23H27N7O/c31-21-18-12-16-13-25-22(28-20(16)30(18)23(15-26-21)8-2-3-9-23)27-19-7-6-17(14-24-19)29-10-4-1-5-11-29/h6-7,12-14H,1-5,8-11,15H2,(H,26,31)(H,24,25,27,28). The Labute approximate surface area is 181 Å². The summed E-state index contributed by atoms with van der Waals surface area (Å²) in [4.78, 5) is 28.8. The van der Waals surface area contributed by atoms with Crippen LogP contribution in [0.3, 0.4) is 0 Å². The molecule has 160 valence electrons. The Bertz CT molecular complexity index is 1120. The van der Waals surface area contributed by atoms with Crippen molar-refractivity contribution in [3.63, 3.8) is 0 Å². The zero-order chi connectivity index (χ0) is 20.8. The molecule has 1 spiro atoms. The van der Waals surface area contributed by atoms with E-state index in [-0.39, 0.29) is 11.4 Å². The van der Waals surface area contributed by atoms with Gasteiger partial charge in [-0.05, 0) is 50.3 Å². The van der Waals surface area contributed by atoms with Gasteiger partial charge in [0.25, 0.3) is 5.91 Å². The molecule has 0 aromatic carbocycles. The number of rotatable bonds is 3. The molecule has 31 heavy (non-hydrogen) atoms. The van der Waals surface area contributed by atoms with E-state index in [0.717, 1.165) is 48.5 Å². The highest BCUT2D eigenvalue weighted by molar-refractivity contribution is 5.99. The van der Waals surface area contributed by atoms with Crippen LogP contribution in [0.2, 0.25) is 0 Å². The normalized spacial score (nSPS) is 20.1. The Balaban J connectivity index is 1.31. The first-order valence-electron chi connectivity index (χ1n) is 11.4. The zero-order valence-electron chi connectivity index (χ0n) is 17.6. The van der Waals surface area contributed by atoms with Crippen LogP contribution in [0, 0.1) is 0 Å². The van der Waals surface area contributed by atoms with E-state index in [9.17, 15) is 4.79 Å². The molecule has 3 aromatic heterocycles. The van der Waals surface area contributed by atoms with Crippen LogP contribution >= 0.6 is 0 Å². The molecule has 1 saturated carbocycles. The van der Waals surface area contributed by atoms with Gasteiger partial charge in [-0.25, -0.2) is 9.97 Å². The fourth-order valence-electron chi connectivity index (χ4n) is 5.46. The molecule has 0 bridgehead atoms. The first-order chi connectivity index (χ1) is 15.2. The number of hydrogen-bond acceptors (Lipinski definition) is 6. The maximum atomic E-state index is 12.5. The fraction of sp³-hybridized carbons (Fsp3) is 0.478. The molecule has 8 heteroatoms. The number of hydrogen-bond donors (Lipinski definition) is 2. The van der Waals surface area contributed by atoms with Crippen molar-refractivity contribution >= 4 is 34.4 Å². The van der Waals surface area contributed by atoms with Crippen LogP contribution in [0.5, 0.6) is 0 Å². The molecule has 3 aliphatic rings. The molecular formula is C23H27N7O. The Kier molecular flexibility index (Phi) is 4.33. The number of aromatic nitrogens is 4. The maximum Gasteiger partial charge on any atom is 0.268 e. The fourth-order valence-corrected chi connectivity index (χ4v) is 5.46. The van der Waals surface area contributed by atoms with Crippen LogP contribution in [-0.4, -0.2) is 45.1 Å². The molecule has 5 heterocycles. The second-order valence-electron chi connectivity index (χ2n) is 9.03. The van der Waals surface area contributed by atoms with Crippen LogP contribution in [0.25, 0.3) is 11.0 Å². The largest absolute Gasteiger partial charge is 0.370 e. The SMILES string of the molecule is O=C1NCC2(CCCC2)n2c1cc1cnc(Nc3ccc(N4CCCCC4)cn3)nc12. The molecule has 6 rings (SSSR count). The second kappa shape index (κ2) is 7.21. The molecule has 1 aliphatic carbocycles. The minimum Gasteiger partial charge on any atom is -0.370 e. The lowest BCUT2D eigenvalue weighted by molar-refractivity contribution is 0.0876. The number of carbonyl (C=O) groups is 1. The molecule has 1 amide bonds. The summed E-state index contributed by atoms with van der Waals surface area (Å²) in [6, 6.07) is 6.01. The van der Waals surface area contributed by atoms with Crippen LogP contribution in [0.4, 0.5) is 17.5 Å².